The van der Waals surface area contributed by atoms with Gasteiger partial charge in [0.2, 0.25) is 5.41 Å². The second kappa shape index (κ2) is 7.85. The number of aliphatic hydroxyl groups is 3. The number of alkyl halides is 6. The molecule has 29 heavy (non-hydrogen) atoms. The van der Waals surface area contributed by atoms with Crippen molar-refractivity contribution in [1.82, 2.24) is 0 Å². The summed E-state index contributed by atoms with van der Waals surface area (Å²) in [6.45, 7) is -1.59. The zero-order chi connectivity index (χ0) is 22.2. The minimum Gasteiger partial charge on any atom is -0.507 e. The van der Waals surface area contributed by atoms with Crippen molar-refractivity contribution in [2.24, 2.45) is 0 Å². The van der Waals surface area contributed by atoms with Gasteiger partial charge in [0.05, 0.1) is 19.8 Å². The molecule has 0 aliphatic rings. The summed E-state index contributed by atoms with van der Waals surface area (Å²) in [6.07, 6.45) is -11.8. The summed E-state index contributed by atoms with van der Waals surface area (Å²) in [5.41, 5.74) is -8.32. The van der Waals surface area contributed by atoms with Crippen LogP contribution in [-0.2, 0) is 25.2 Å². The molecule has 2 aromatic carbocycles. The topological polar surface area (TPSA) is 80.9 Å². The molecule has 2 aromatic rings. The second-order valence-electron chi connectivity index (χ2n) is 6.57. The fourth-order valence-electron chi connectivity index (χ4n) is 3.37. The van der Waals surface area contributed by atoms with Crippen molar-refractivity contribution in [3.05, 3.63) is 63.7 Å². The lowest BCUT2D eigenvalue weighted by atomic mass is 9.71. The van der Waals surface area contributed by atoms with Crippen LogP contribution in [0.1, 0.15) is 33.4 Å². The highest BCUT2D eigenvalue weighted by atomic mass is 19.4. The Morgan fingerprint density at radius 3 is 1.52 bits per heavy atom. The molecule has 0 saturated heterocycles. The molecule has 2 rings (SSSR count). The Labute approximate surface area is 161 Å². The van der Waals surface area contributed by atoms with E-state index in [0.29, 0.717) is 24.3 Å². The van der Waals surface area contributed by atoms with Gasteiger partial charge < -0.3 is 20.4 Å². The lowest BCUT2D eigenvalue weighted by Gasteiger charge is -2.39. The van der Waals surface area contributed by atoms with Gasteiger partial charge in [0.15, 0.2) is 0 Å². The van der Waals surface area contributed by atoms with Gasteiger partial charge in [0.1, 0.15) is 5.75 Å². The number of hydrogen-bond acceptors (Lipinski definition) is 4. The second-order valence-corrected chi connectivity index (χ2v) is 6.57. The molecule has 4 N–H and O–H groups in total. The standard InChI is InChI=1S/C19H18F6O4/c1-10-2-11(7-26)4-14(3-10)17(18(20,21)22,19(23,24)25)15-5-12(8-27)16(29)13(6-15)9-28/h2-6,26-29H,7-9H2,1H3. The molecule has 0 atom stereocenters. The van der Waals surface area contributed by atoms with Crippen LogP contribution in [0.3, 0.4) is 0 Å². The molecule has 0 amide bonds. The molecule has 0 bridgehead atoms. The lowest BCUT2D eigenvalue weighted by molar-refractivity contribution is -0.288. The van der Waals surface area contributed by atoms with Crippen LogP contribution in [0.25, 0.3) is 0 Å². The smallest absolute Gasteiger partial charge is 0.411 e. The first kappa shape index (κ1) is 23.0. The minimum atomic E-state index is -5.89. The minimum absolute atomic E-state index is 0.0629. The van der Waals surface area contributed by atoms with Gasteiger partial charge in [-0.15, -0.1) is 0 Å². The van der Waals surface area contributed by atoms with E-state index < -0.39 is 65.6 Å². The maximum Gasteiger partial charge on any atom is 0.411 e. The molecular weight excluding hydrogens is 406 g/mol. The highest BCUT2D eigenvalue weighted by Gasteiger charge is 2.72. The summed E-state index contributed by atoms with van der Waals surface area (Å²) in [5.74, 6) is -0.794. The van der Waals surface area contributed by atoms with E-state index in [4.69, 9.17) is 0 Å². The van der Waals surface area contributed by atoms with Crippen LogP contribution in [-0.4, -0.2) is 32.8 Å². The van der Waals surface area contributed by atoms with Crippen molar-refractivity contribution in [3.63, 3.8) is 0 Å². The van der Waals surface area contributed by atoms with E-state index in [1.54, 1.807) is 0 Å². The van der Waals surface area contributed by atoms with E-state index in [9.17, 15) is 46.8 Å². The van der Waals surface area contributed by atoms with Gasteiger partial charge in [-0.1, -0.05) is 23.8 Å². The number of aryl methyl sites for hydroxylation is 1. The molecule has 160 valence electrons. The van der Waals surface area contributed by atoms with Crippen LogP contribution in [0.5, 0.6) is 5.75 Å². The van der Waals surface area contributed by atoms with E-state index >= 15 is 0 Å². The summed E-state index contributed by atoms with van der Waals surface area (Å²) in [5, 5.41) is 37.7. The predicted octanol–water partition coefficient (Wildman–Crippen LogP) is 3.59. The predicted molar refractivity (Wildman–Crippen MR) is 89.9 cm³/mol. The third kappa shape index (κ3) is 3.79. The van der Waals surface area contributed by atoms with Gasteiger partial charge in [-0.25, -0.2) is 0 Å². The number of hydrogen-bond donors (Lipinski definition) is 4. The summed E-state index contributed by atoms with van der Waals surface area (Å²) in [4.78, 5) is 0. The Bertz CT molecular complexity index is 850. The number of rotatable bonds is 5. The molecule has 0 radical (unpaired) electrons. The van der Waals surface area contributed by atoms with Gasteiger partial charge in [-0.2, -0.15) is 26.3 Å². The van der Waals surface area contributed by atoms with E-state index in [1.165, 1.54) is 13.0 Å². The Hall–Kier alpha value is -2.30. The highest BCUT2D eigenvalue weighted by molar-refractivity contribution is 5.52. The Kier molecular flexibility index (Phi) is 6.22. The molecule has 0 saturated carbocycles. The molecule has 0 unspecified atom stereocenters. The Balaban J connectivity index is 3.07. The first-order chi connectivity index (χ1) is 13.3. The van der Waals surface area contributed by atoms with Crippen LogP contribution >= 0.6 is 0 Å². The van der Waals surface area contributed by atoms with Crippen molar-refractivity contribution in [2.75, 3.05) is 0 Å². The van der Waals surface area contributed by atoms with Crippen LogP contribution in [0, 0.1) is 6.92 Å². The third-order valence-corrected chi connectivity index (χ3v) is 4.64. The zero-order valence-electron chi connectivity index (χ0n) is 15.1. The van der Waals surface area contributed by atoms with E-state index in [-0.39, 0.29) is 11.1 Å². The Morgan fingerprint density at radius 1 is 0.690 bits per heavy atom. The molecule has 10 heteroatoms. The van der Waals surface area contributed by atoms with Crippen molar-refractivity contribution < 1.29 is 46.8 Å². The van der Waals surface area contributed by atoms with Crippen LogP contribution in [0.15, 0.2) is 30.3 Å². The number of aliphatic hydroxyl groups excluding tert-OH is 3. The van der Waals surface area contributed by atoms with Gasteiger partial charge in [-0.05, 0) is 35.7 Å². The number of benzene rings is 2. The number of halogens is 6. The maximum atomic E-state index is 14.2. The summed E-state index contributed by atoms with van der Waals surface area (Å²) >= 11 is 0. The first-order valence-corrected chi connectivity index (χ1v) is 8.25. The molecule has 0 aliphatic heterocycles. The van der Waals surface area contributed by atoms with Gasteiger partial charge in [0, 0.05) is 11.1 Å². The van der Waals surface area contributed by atoms with Crippen molar-refractivity contribution in [2.45, 2.75) is 44.5 Å². The monoisotopic (exact) mass is 424 g/mol. The molecule has 0 fully saturated rings. The fraction of sp³-hybridized carbons (Fsp3) is 0.368. The average molecular weight is 424 g/mol. The molecule has 0 aromatic heterocycles. The summed E-state index contributed by atoms with van der Waals surface area (Å²) < 4.78 is 85.3. The van der Waals surface area contributed by atoms with Gasteiger partial charge in [0.25, 0.3) is 0 Å². The normalized spacial score (nSPS) is 13.0. The fourth-order valence-corrected chi connectivity index (χ4v) is 3.37. The van der Waals surface area contributed by atoms with Gasteiger partial charge >= 0.3 is 12.4 Å². The summed E-state index contributed by atoms with van der Waals surface area (Å²) in [6, 6.07) is 3.39. The Morgan fingerprint density at radius 2 is 1.14 bits per heavy atom. The quantitative estimate of drug-likeness (QED) is 0.553. The van der Waals surface area contributed by atoms with Crippen LogP contribution < -0.4 is 0 Å². The molecule has 4 nitrogen and oxygen atoms in total. The zero-order valence-corrected chi connectivity index (χ0v) is 15.1. The first-order valence-electron chi connectivity index (χ1n) is 8.25. The lowest BCUT2D eigenvalue weighted by Crippen LogP contribution is -2.55. The van der Waals surface area contributed by atoms with E-state index in [1.807, 2.05) is 0 Å². The van der Waals surface area contributed by atoms with Crippen LogP contribution in [0.4, 0.5) is 26.3 Å². The third-order valence-electron chi connectivity index (χ3n) is 4.64. The maximum absolute atomic E-state index is 14.2. The molecule has 0 spiro atoms. The number of aromatic hydroxyl groups is 1. The van der Waals surface area contributed by atoms with Gasteiger partial charge in [-0.3, -0.25) is 0 Å². The summed E-state index contributed by atoms with van der Waals surface area (Å²) in [7, 11) is 0. The highest BCUT2D eigenvalue weighted by Crippen LogP contribution is 2.57. The van der Waals surface area contributed by atoms with Crippen LogP contribution in [0.2, 0.25) is 0 Å². The largest absolute Gasteiger partial charge is 0.507 e. The molecular formula is C19H18F6O4. The van der Waals surface area contributed by atoms with Crippen molar-refractivity contribution in [1.29, 1.82) is 0 Å². The van der Waals surface area contributed by atoms with Crippen molar-refractivity contribution >= 4 is 0 Å². The molecule has 0 heterocycles. The van der Waals surface area contributed by atoms with E-state index in [0.717, 1.165) is 0 Å². The van der Waals surface area contributed by atoms with Crippen molar-refractivity contribution in [3.8, 4) is 5.75 Å². The number of phenols is 1. The van der Waals surface area contributed by atoms with E-state index in [2.05, 4.69) is 0 Å². The molecule has 0 aliphatic carbocycles. The SMILES string of the molecule is Cc1cc(CO)cc(C(c2cc(CO)c(O)c(CO)c2)(C(F)(F)F)C(F)(F)F)c1. The average Bonchev–Trinajstić information content (AvgIpc) is 2.60.